The number of urea groups is 1. The van der Waals surface area contributed by atoms with Gasteiger partial charge in [0.05, 0.1) is 23.8 Å². The Morgan fingerprint density at radius 2 is 1.74 bits per heavy atom. The van der Waals surface area contributed by atoms with Crippen LogP contribution in [0.1, 0.15) is 5.56 Å². The van der Waals surface area contributed by atoms with Crippen molar-refractivity contribution in [1.29, 1.82) is 0 Å². The number of carbonyl (C=O) groups is 2. The van der Waals surface area contributed by atoms with Crippen molar-refractivity contribution in [3.63, 3.8) is 0 Å². The molecule has 0 saturated carbocycles. The maximum atomic E-state index is 12.0. The summed E-state index contributed by atoms with van der Waals surface area (Å²) in [6.45, 7) is 0. The molecule has 3 aromatic rings. The number of fused-ring (bicyclic) bond motifs is 1. The molecule has 1 heterocycles. The second-order valence-corrected chi connectivity index (χ2v) is 4.98. The van der Waals surface area contributed by atoms with Crippen LogP contribution in [-0.4, -0.2) is 27.1 Å². The third-order valence-corrected chi connectivity index (χ3v) is 3.25. The smallest absolute Gasteiger partial charge is 0.323 e. The SMILES string of the molecule is O=C(O)Cc1ccc(NC(=O)Nc2ccc3nc[nH]c3c2)cc1. The van der Waals surface area contributed by atoms with Crippen LogP contribution in [0.4, 0.5) is 16.2 Å². The summed E-state index contributed by atoms with van der Waals surface area (Å²) in [6, 6.07) is 11.6. The van der Waals surface area contributed by atoms with Crippen LogP contribution in [0.2, 0.25) is 0 Å². The largest absolute Gasteiger partial charge is 0.481 e. The van der Waals surface area contributed by atoms with E-state index in [4.69, 9.17) is 5.11 Å². The number of carboxylic acids is 1. The molecule has 0 unspecified atom stereocenters. The van der Waals surface area contributed by atoms with E-state index in [1.807, 2.05) is 6.07 Å². The normalized spacial score (nSPS) is 10.4. The van der Waals surface area contributed by atoms with Gasteiger partial charge < -0.3 is 20.7 Å². The number of nitrogens with one attached hydrogen (secondary N) is 3. The Bertz CT molecular complexity index is 855. The number of benzene rings is 2. The van der Waals surface area contributed by atoms with E-state index in [-0.39, 0.29) is 12.5 Å². The summed E-state index contributed by atoms with van der Waals surface area (Å²) in [5, 5.41) is 14.1. The van der Waals surface area contributed by atoms with E-state index in [2.05, 4.69) is 20.6 Å². The summed E-state index contributed by atoms with van der Waals surface area (Å²) in [4.78, 5) is 29.7. The Morgan fingerprint density at radius 3 is 2.48 bits per heavy atom. The second kappa shape index (κ2) is 6.18. The maximum absolute atomic E-state index is 12.0. The molecule has 1 aromatic heterocycles. The fourth-order valence-electron chi connectivity index (χ4n) is 2.19. The number of amides is 2. The zero-order valence-corrected chi connectivity index (χ0v) is 12.0. The zero-order valence-electron chi connectivity index (χ0n) is 12.0. The number of nitrogens with zero attached hydrogens (tertiary/aromatic N) is 1. The lowest BCUT2D eigenvalue weighted by Gasteiger charge is -2.08. The minimum atomic E-state index is -0.891. The summed E-state index contributed by atoms with van der Waals surface area (Å²) in [5.74, 6) is -0.891. The van der Waals surface area contributed by atoms with Crippen LogP contribution in [0.5, 0.6) is 0 Å². The third kappa shape index (κ3) is 3.65. The highest BCUT2D eigenvalue weighted by atomic mass is 16.4. The molecule has 0 saturated heterocycles. The van der Waals surface area contributed by atoms with Crippen molar-refractivity contribution < 1.29 is 14.7 Å². The molecule has 4 N–H and O–H groups in total. The standard InChI is InChI=1S/C16H14N4O3/c21-15(22)7-10-1-3-11(4-2-10)19-16(23)20-12-5-6-13-14(8-12)18-9-17-13/h1-6,8-9H,7H2,(H,17,18)(H,21,22)(H2,19,20,23). The Hall–Kier alpha value is -3.35. The molecule has 0 radical (unpaired) electrons. The number of rotatable bonds is 4. The van der Waals surface area contributed by atoms with Gasteiger partial charge in [0.15, 0.2) is 0 Å². The average molecular weight is 310 g/mol. The topological polar surface area (TPSA) is 107 Å². The number of H-pyrrole nitrogens is 1. The minimum Gasteiger partial charge on any atom is -0.481 e. The highest BCUT2D eigenvalue weighted by Crippen LogP contribution is 2.16. The predicted molar refractivity (Wildman–Crippen MR) is 86.5 cm³/mol. The van der Waals surface area contributed by atoms with Crippen LogP contribution in [-0.2, 0) is 11.2 Å². The Balaban J connectivity index is 1.63. The quantitative estimate of drug-likeness (QED) is 0.594. The van der Waals surface area contributed by atoms with Gasteiger partial charge in [0.1, 0.15) is 0 Å². The number of aliphatic carboxylic acids is 1. The Kier molecular flexibility index (Phi) is 3.92. The molecule has 23 heavy (non-hydrogen) atoms. The minimum absolute atomic E-state index is 0.0450. The molecule has 0 aliphatic carbocycles. The van der Waals surface area contributed by atoms with Gasteiger partial charge in [0, 0.05) is 11.4 Å². The van der Waals surface area contributed by atoms with Gasteiger partial charge in [-0.1, -0.05) is 12.1 Å². The number of carbonyl (C=O) groups excluding carboxylic acids is 1. The lowest BCUT2D eigenvalue weighted by atomic mass is 10.1. The summed E-state index contributed by atoms with van der Waals surface area (Å²) >= 11 is 0. The van der Waals surface area contributed by atoms with Crippen molar-refractivity contribution in [2.45, 2.75) is 6.42 Å². The highest BCUT2D eigenvalue weighted by molar-refractivity contribution is 6.00. The first kappa shape index (κ1) is 14.6. The van der Waals surface area contributed by atoms with Gasteiger partial charge in [-0.2, -0.15) is 0 Å². The Morgan fingerprint density at radius 1 is 1.04 bits per heavy atom. The molecule has 7 heteroatoms. The number of anilines is 2. The molecule has 116 valence electrons. The molecule has 2 aromatic carbocycles. The summed E-state index contributed by atoms with van der Waals surface area (Å²) in [5.41, 5.74) is 3.56. The fourth-order valence-corrected chi connectivity index (χ4v) is 2.19. The highest BCUT2D eigenvalue weighted by Gasteiger charge is 2.05. The number of carboxylic acid groups (broad SMARTS) is 1. The van der Waals surface area contributed by atoms with Crippen molar-refractivity contribution in [2.24, 2.45) is 0 Å². The van der Waals surface area contributed by atoms with Gasteiger partial charge in [-0.15, -0.1) is 0 Å². The van der Waals surface area contributed by atoms with Crippen LogP contribution in [0.15, 0.2) is 48.8 Å². The van der Waals surface area contributed by atoms with Gasteiger partial charge in [-0.05, 0) is 35.9 Å². The Labute approximate surface area is 131 Å². The van der Waals surface area contributed by atoms with E-state index in [0.29, 0.717) is 16.9 Å². The molecule has 2 amide bonds. The zero-order chi connectivity index (χ0) is 16.2. The van der Waals surface area contributed by atoms with E-state index in [0.717, 1.165) is 11.0 Å². The molecule has 0 atom stereocenters. The molecule has 0 bridgehead atoms. The summed E-state index contributed by atoms with van der Waals surface area (Å²) in [7, 11) is 0. The van der Waals surface area contributed by atoms with Crippen molar-refractivity contribution >= 4 is 34.4 Å². The van der Waals surface area contributed by atoms with Crippen molar-refractivity contribution in [3.05, 3.63) is 54.4 Å². The van der Waals surface area contributed by atoms with Crippen molar-refractivity contribution in [1.82, 2.24) is 9.97 Å². The van der Waals surface area contributed by atoms with Crippen molar-refractivity contribution in [2.75, 3.05) is 10.6 Å². The van der Waals surface area contributed by atoms with Crippen LogP contribution < -0.4 is 10.6 Å². The lowest BCUT2D eigenvalue weighted by molar-refractivity contribution is -0.136. The number of aromatic nitrogens is 2. The van der Waals surface area contributed by atoms with E-state index in [1.165, 1.54) is 0 Å². The van der Waals surface area contributed by atoms with Gasteiger partial charge in [0.25, 0.3) is 0 Å². The van der Waals surface area contributed by atoms with Gasteiger partial charge in [0.2, 0.25) is 0 Å². The first-order valence-electron chi connectivity index (χ1n) is 6.92. The van der Waals surface area contributed by atoms with Crippen LogP contribution in [0, 0.1) is 0 Å². The molecule has 0 fully saturated rings. The molecular formula is C16H14N4O3. The summed E-state index contributed by atoms with van der Waals surface area (Å²) < 4.78 is 0. The number of aromatic amines is 1. The van der Waals surface area contributed by atoms with E-state index < -0.39 is 5.97 Å². The third-order valence-electron chi connectivity index (χ3n) is 3.25. The lowest BCUT2D eigenvalue weighted by Crippen LogP contribution is -2.19. The van der Waals surface area contributed by atoms with Gasteiger partial charge >= 0.3 is 12.0 Å². The fraction of sp³-hybridized carbons (Fsp3) is 0.0625. The first-order valence-corrected chi connectivity index (χ1v) is 6.92. The molecule has 7 nitrogen and oxygen atoms in total. The van der Waals surface area contributed by atoms with Gasteiger partial charge in [-0.3, -0.25) is 4.79 Å². The maximum Gasteiger partial charge on any atom is 0.323 e. The van der Waals surface area contributed by atoms with Crippen LogP contribution >= 0.6 is 0 Å². The first-order chi connectivity index (χ1) is 11.1. The molecule has 0 spiro atoms. The van der Waals surface area contributed by atoms with E-state index in [9.17, 15) is 9.59 Å². The molecule has 0 aliphatic rings. The number of hydrogen-bond donors (Lipinski definition) is 4. The van der Waals surface area contributed by atoms with E-state index in [1.54, 1.807) is 42.7 Å². The predicted octanol–water partition coefficient (Wildman–Crippen LogP) is 2.83. The van der Waals surface area contributed by atoms with E-state index >= 15 is 0 Å². The van der Waals surface area contributed by atoms with Crippen LogP contribution in [0.25, 0.3) is 11.0 Å². The second-order valence-electron chi connectivity index (χ2n) is 4.98. The molecule has 3 rings (SSSR count). The molecular weight excluding hydrogens is 296 g/mol. The average Bonchev–Trinajstić information content (AvgIpc) is 2.96. The summed E-state index contributed by atoms with van der Waals surface area (Å²) in [6.07, 6.45) is 1.55. The van der Waals surface area contributed by atoms with Gasteiger partial charge in [-0.25, -0.2) is 9.78 Å². The number of hydrogen-bond acceptors (Lipinski definition) is 3. The number of imidazole rings is 1. The van der Waals surface area contributed by atoms with Crippen LogP contribution in [0.3, 0.4) is 0 Å². The monoisotopic (exact) mass is 310 g/mol. The van der Waals surface area contributed by atoms with Crippen molar-refractivity contribution in [3.8, 4) is 0 Å². The molecule has 0 aliphatic heterocycles.